The van der Waals surface area contributed by atoms with Gasteiger partial charge in [0.2, 0.25) is 5.91 Å². The van der Waals surface area contributed by atoms with Crippen LogP contribution < -0.4 is 14.8 Å². The van der Waals surface area contributed by atoms with E-state index < -0.39 is 0 Å². The number of rotatable bonds is 6. The molecule has 0 saturated carbocycles. The van der Waals surface area contributed by atoms with Gasteiger partial charge in [0, 0.05) is 24.7 Å². The molecule has 0 aliphatic carbocycles. The van der Waals surface area contributed by atoms with E-state index >= 15 is 0 Å². The molecule has 0 bridgehead atoms. The van der Waals surface area contributed by atoms with Gasteiger partial charge in [-0.1, -0.05) is 29.8 Å². The van der Waals surface area contributed by atoms with Crippen LogP contribution in [-0.4, -0.2) is 50.1 Å². The van der Waals surface area contributed by atoms with Crippen molar-refractivity contribution in [2.75, 3.05) is 27.3 Å². The second-order valence-corrected chi connectivity index (χ2v) is 7.37. The molecule has 0 unspecified atom stereocenters. The van der Waals surface area contributed by atoms with Gasteiger partial charge in [0.15, 0.2) is 11.5 Å². The molecule has 6 heteroatoms. The summed E-state index contributed by atoms with van der Waals surface area (Å²) in [5.74, 6) is 1.13. The van der Waals surface area contributed by atoms with E-state index in [4.69, 9.17) is 9.47 Å². The van der Waals surface area contributed by atoms with Gasteiger partial charge in [-0.15, -0.1) is 0 Å². The molecule has 0 spiro atoms. The fourth-order valence-corrected chi connectivity index (χ4v) is 3.66. The number of nitrogens with one attached hydrogen (secondary N) is 1. The average Bonchev–Trinajstić information content (AvgIpc) is 2.73. The number of nitrogens with zero attached hydrogens (tertiary/aromatic N) is 1. The number of hydrogen-bond acceptors (Lipinski definition) is 4. The van der Waals surface area contributed by atoms with E-state index in [9.17, 15) is 9.59 Å². The Labute approximate surface area is 171 Å². The fraction of sp³-hybridized carbons (Fsp3) is 0.391. The number of ether oxygens (including phenoxy) is 2. The Morgan fingerprint density at radius 3 is 2.41 bits per heavy atom. The third-order valence-electron chi connectivity index (χ3n) is 5.22. The summed E-state index contributed by atoms with van der Waals surface area (Å²) in [5, 5.41) is 3.11. The first kappa shape index (κ1) is 20.7. The molecule has 1 saturated heterocycles. The highest BCUT2D eigenvalue weighted by Crippen LogP contribution is 2.28. The predicted octanol–water partition coefficient (Wildman–Crippen LogP) is 2.98. The number of aryl methyl sites for hydroxylation is 1. The zero-order valence-electron chi connectivity index (χ0n) is 17.2. The van der Waals surface area contributed by atoms with Crippen LogP contribution in [0, 0.1) is 6.92 Å². The monoisotopic (exact) mass is 396 g/mol. The van der Waals surface area contributed by atoms with Crippen molar-refractivity contribution in [3.8, 4) is 11.5 Å². The number of benzene rings is 2. The van der Waals surface area contributed by atoms with Gasteiger partial charge in [0.1, 0.15) is 0 Å². The van der Waals surface area contributed by atoms with E-state index in [1.807, 2.05) is 36.1 Å². The van der Waals surface area contributed by atoms with Crippen LogP contribution in [0.1, 0.15) is 34.3 Å². The normalized spacial score (nSPS) is 14.4. The van der Waals surface area contributed by atoms with E-state index in [-0.39, 0.29) is 17.9 Å². The van der Waals surface area contributed by atoms with Crippen molar-refractivity contribution in [1.82, 2.24) is 10.2 Å². The second-order valence-electron chi connectivity index (χ2n) is 7.37. The quantitative estimate of drug-likeness (QED) is 0.815. The highest BCUT2D eigenvalue weighted by molar-refractivity contribution is 5.95. The lowest BCUT2D eigenvalue weighted by Crippen LogP contribution is -2.46. The summed E-state index contributed by atoms with van der Waals surface area (Å²) in [5.41, 5.74) is 2.74. The van der Waals surface area contributed by atoms with Crippen molar-refractivity contribution in [1.29, 1.82) is 0 Å². The largest absolute Gasteiger partial charge is 0.493 e. The first-order chi connectivity index (χ1) is 14.0. The first-order valence-electron chi connectivity index (χ1n) is 9.86. The van der Waals surface area contributed by atoms with Crippen LogP contribution in [0.5, 0.6) is 11.5 Å². The molecule has 1 fully saturated rings. The summed E-state index contributed by atoms with van der Waals surface area (Å²) in [6.45, 7) is 3.25. The van der Waals surface area contributed by atoms with Crippen molar-refractivity contribution >= 4 is 11.8 Å². The maximum atomic E-state index is 12.8. The molecule has 0 atom stereocenters. The average molecular weight is 396 g/mol. The molecule has 2 aromatic carbocycles. The van der Waals surface area contributed by atoms with Gasteiger partial charge in [-0.25, -0.2) is 0 Å². The molecule has 1 aliphatic heterocycles. The molecule has 0 radical (unpaired) electrons. The number of piperidine rings is 1. The lowest BCUT2D eigenvalue weighted by atomic mass is 10.0. The zero-order chi connectivity index (χ0) is 20.8. The van der Waals surface area contributed by atoms with Gasteiger partial charge < -0.3 is 19.7 Å². The highest BCUT2D eigenvalue weighted by Gasteiger charge is 2.25. The molecule has 1 N–H and O–H groups in total. The van der Waals surface area contributed by atoms with Crippen molar-refractivity contribution in [3.05, 3.63) is 59.2 Å². The summed E-state index contributed by atoms with van der Waals surface area (Å²) < 4.78 is 10.5. The number of amides is 2. The highest BCUT2D eigenvalue weighted by atomic mass is 16.5. The lowest BCUT2D eigenvalue weighted by Gasteiger charge is -2.32. The Balaban J connectivity index is 1.52. The van der Waals surface area contributed by atoms with E-state index in [2.05, 4.69) is 5.32 Å². The summed E-state index contributed by atoms with van der Waals surface area (Å²) in [7, 11) is 3.12. The van der Waals surface area contributed by atoms with Crippen LogP contribution in [0.3, 0.4) is 0 Å². The van der Waals surface area contributed by atoms with Crippen LogP contribution >= 0.6 is 0 Å². The number of methoxy groups -OCH3 is 2. The first-order valence-corrected chi connectivity index (χ1v) is 9.86. The van der Waals surface area contributed by atoms with Crippen LogP contribution in [0.4, 0.5) is 0 Å². The number of likely N-dealkylation sites (tertiary alicyclic amines) is 1. The standard InChI is InChI=1S/C23H28N2O4/c1-16-5-4-6-17(13-16)14-22(26)24-19-9-11-25(12-10-19)23(27)18-7-8-20(28-2)21(15-18)29-3/h4-8,13,15,19H,9-12,14H2,1-3H3,(H,24,26). The maximum Gasteiger partial charge on any atom is 0.253 e. The van der Waals surface area contributed by atoms with E-state index in [1.165, 1.54) is 0 Å². The van der Waals surface area contributed by atoms with E-state index in [1.54, 1.807) is 32.4 Å². The van der Waals surface area contributed by atoms with Crippen molar-refractivity contribution in [2.24, 2.45) is 0 Å². The fourth-order valence-electron chi connectivity index (χ4n) is 3.66. The Morgan fingerprint density at radius 1 is 1.03 bits per heavy atom. The zero-order valence-corrected chi connectivity index (χ0v) is 17.2. The molecule has 29 heavy (non-hydrogen) atoms. The predicted molar refractivity (Wildman–Crippen MR) is 111 cm³/mol. The molecular formula is C23H28N2O4. The van der Waals surface area contributed by atoms with E-state index in [0.29, 0.717) is 36.6 Å². The Bertz CT molecular complexity index is 873. The van der Waals surface area contributed by atoms with E-state index in [0.717, 1.165) is 24.0 Å². The summed E-state index contributed by atoms with van der Waals surface area (Å²) in [6, 6.07) is 13.3. The van der Waals surface area contributed by atoms with Gasteiger partial charge in [-0.05, 0) is 43.5 Å². The maximum absolute atomic E-state index is 12.8. The van der Waals surface area contributed by atoms with Crippen molar-refractivity contribution in [3.63, 3.8) is 0 Å². The minimum absolute atomic E-state index is 0.0280. The van der Waals surface area contributed by atoms with Crippen LogP contribution in [-0.2, 0) is 11.2 Å². The molecule has 6 nitrogen and oxygen atoms in total. The van der Waals surface area contributed by atoms with Crippen molar-refractivity contribution in [2.45, 2.75) is 32.2 Å². The molecule has 3 rings (SSSR count). The SMILES string of the molecule is COc1ccc(C(=O)N2CCC(NC(=O)Cc3cccc(C)c3)CC2)cc1OC. The van der Waals surface area contributed by atoms with Gasteiger partial charge >= 0.3 is 0 Å². The number of carbonyl (C=O) groups excluding carboxylic acids is 2. The van der Waals surface area contributed by atoms with Crippen LogP contribution in [0.15, 0.2) is 42.5 Å². The molecule has 2 amide bonds. The van der Waals surface area contributed by atoms with Gasteiger partial charge in [-0.3, -0.25) is 9.59 Å². The minimum Gasteiger partial charge on any atom is -0.493 e. The Morgan fingerprint density at radius 2 is 1.76 bits per heavy atom. The smallest absolute Gasteiger partial charge is 0.253 e. The topological polar surface area (TPSA) is 67.9 Å². The third kappa shape index (κ3) is 5.28. The molecule has 1 aliphatic rings. The molecule has 2 aromatic rings. The summed E-state index contributed by atoms with van der Waals surface area (Å²) in [6.07, 6.45) is 1.88. The Hall–Kier alpha value is -3.02. The molecule has 1 heterocycles. The minimum atomic E-state index is -0.0320. The molecule has 0 aromatic heterocycles. The van der Waals surface area contributed by atoms with Crippen LogP contribution in [0.2, 0.25) is 0 Å². The third-order valence-corrected chi connectivity index (χ3v) is 5.22. The van der Waals surface area contributed by atoms with Crippen molar-refractivity contribution < 1.29 is 19.1 Å². The Kier molecular flexibility index (Phi) is 6.75. The number of hydrogen-bond donors (Lipinski definition) is 1. The lowest BCUT2D eigenvalue weighted by molar-refractivity contribution is -0.121. The van der Waals surface area contributed by atoms with Gasteiger partial charge in [-0.2, -0.15) is 0 Å². The number of carbonyl (C=O) groups is 2. The van der Waals surface area contributed by atoms with Gasteiger partial charge in [0.25, 0.3) is 5.91 Å². The summed E-state index contributed by atoms with van der Waals surface area (Å²) >= 11 is 0. The van der Waals surface area contributed by atoms with Crippen LogP contribution in [0.25, 0.3) is 0 Å². The van der Waals surface area contributed by atoms with Gasteiger partial charge in [0.05, 0.1) is 20.6 Å². The molecule has 154 valence electrons. The second kappa shape index (κ2) is 9.45. The molecular weight excluding hydrogens is 368 g/mol. The summed E-state index contributed by atoms with van der Waals surface area (Å²) in [4.78, 5) is 27.0.